The van der Waals surface area contributed by atoms with Gasteiger partial charge in [0.2, 0.25) is 0 Å². The molecule has 252 valence electrons. The van der Waals surface area contributed by atoms with Crippen LogP contribution in [0, 0.1) is 28.6 Å². The van der Waals surface area contributed by atoms with Gasteiger partial charge in [-0.2, -0.15) is 0 Å². The van der Waals surface area contributed by atoms with Crippen molar-refractivity contribution >= 4 is 12.2 Å². The van der Waals surface area contributed by atoms with E-state index in [2.05, 4.69) is 25.3 Å². The van der Waals surface area contributed by atoms with E-state index >= 15 is 0 Å². The molecule has 7 rings (SSSR count). The van der Waals surface area contributed by atoms with Crippen LogP contribution in [0.5, 0.6) is 0 Å². The van der Waals surface area contributed by atoms with E-state index in [9.17, 15) is 25.2 Å². The summed E-state index contributed by atoms with van der Waals surface area (Å²) in [6.07, 6.45) is 7.68. The van der Waals surface area contributed by atoms with Gasteiger partial charge in [-0.05, 0) is 93.6 Å². The molecule has 4 unspecified atom stereocenters. The zero-order valence-corrected chi connectivity index (χ0v) is 27.2. The first kappa shape index (κ1) is 32.4. The highest BCUT2D eigenvalue weighted by atomic mass is 16.7. The molecule has 0 amide bonds. The first-order valence-electron chi connectivity index (χ1n) is 17.5. The van der Waals surface area contributed by atoms with Crippen LogP contribution < -0.4 is 0 Å². The number of carbonyl (C=O) groups is 1. The highest BCUT2D eigenvalue weighted by Gasteiger charge is 2.71. The standard InChI is InChI=1S/C37H51NO8/c1-23-33(41)30(39)19-32(45-23)46-26-8-14-35(22-38-17-12-24-6-4-3-5-7-24)28-9-13-34(2)27(25-18-31(40)44-21-25)11-16-37(34,43)29(28)10-15-36(35,42)20-26/h3-7,18,22-23,26-30,32-33,39,41-43H,8-17,19-21H2,1-2H3/t23?,26-,27+,28-,29+,30?,32?,33?,34+,35-,36-,37-/m0/s1. The molecule has 9 heteroatoms. The van der Waals surface area contributed by atoms with Crippen molar-refractivity contribution in [3.63, 3.8) is 0 Å². The number of aliphatic imine (C=N–C) groups is 1. The molecule has 0 radical (unpaired) electrons. The fourth-order valence-electron chi connectivity index (χ4n) is 10.9. The molecule has 4 saturated carbocycles. The van der Waals surface area contributed by atoms with Crippen molar-refractivity contribution in [3.05, 3.63) is 47.5 Å². The second-order valence-corrected chi connectivity index (χ2v) is 15.5. The fraction of sp³-hybridized carbons (Fsp3) is 0.730. The molecule has 4 N–H and O–H groups in total. The van der Waals surface area contributed by atoms with Gasteiger partial charge in [0, 0.05) is 42.5 Å². The third-order valence-corrected chi connectivity index (χ3v) is 13.3. The molecule has 0 aromatic heterocycles. The lowest BCUT2D eigenvalue weighted by Crippen LogP contribution is -2.69. The number of carbonyl (C=O) groups excluding carboxylic acids is 1. The summed E-state index contributed by atoms with van der Waals surface area (Å²) in [6.45, 7) is 4.90. The van der Waals surface area contributed by atoms with Crippen molar-refractivity contribution in [2.24, 2.45) is 33.6 Å². The number of rotatable bonds is 7. The lowest BCUT2D eigenvalue weighted by atomic mass is 9.41. The Labute approximate surface area is 272 Å². The van der Waals surface area contributed by atoms with Gasteiger partial charge in [-0.25, -0.2) is 4.79 Å². The number of hydrogen-bond acceptors (Lipinski definition) is 9. The van der Waals surface area contributed by atoms with Gasteiger partial charge in [-0.3, -0.25) is 4.99 Å². The highest BCUT2D eigenvalue weighted by molar-refractivity contribution is 5.85. The zero-order chi connectivity index (χ0) is 32.3. The third-order valence-electron chi connectivity index (χ3n) is 13.3. The van der Waals surface area contributed by atoms with Crippen LogP contribution in [-0.4, -0.2) is 87.7 Å². The number of benzene rings is 1. The van der Waals surface area contributed by atoms with Crippen LogP contribution >= 0.6 is 0 Å². The van der Waals surface area contributed by atoms with E-state index in [0.29, 0.717) is 51.7 Å². The van der Waals surface area contributed by atoms with E-state index in [1.54, 1.807) is 13.0 Å². The van der Waals surface area contributed by atoms with E-state index in [4.69, 9.17) is 19.2 Å². The lowest BCUT2D eigenvalue weighted by molar-refractivity contribution is -0.282. The largest absolute Gasteiger partial charge is 0.458 e. The van der Waals surface area contributed by atoms with Crippen molar-refractivity contribution < 1.29 is 39.4 Å². The molecule has 46 heavy (non-hydrogen) atoms. The average Bonchev–Trinajstić information content (AvgIpc) is 3.58. The fourth-order valence-corrected chi connectivity index (χ4v) is 10.9. The normalized spacial score (nSPS) is 47.2. The summed E-state index contributed by atoms with van der Waals surface area (Å²) in [5.74, 6) is -0.110. The van der Waals surface area contributed by atoms with Crippen molar-refractivity contribution in [1.29, 1.82) is 0 Å². The summed E-state index contributed by atoms with van der Waals surface area (Å²) in [6, 6.07) is 10.3. The van der Waals surface area contributed by atoms with Gasteiger partial charge in [-0.15, -0.1) is 0 Å². The molecule has 5 fully saturated rings. The van der Waals surface area contributed by atoms with Crippen LogP contribution in [0.1, 0.15) is 83.6 Å². The molecule has 1 saturated heterocycles. The van der Waals surface area contributed by atoms with Gasteiger partial charge in [0.05, 0.1) is 29.5 Å². The quantitative estimate of drug-likeness (QED) is 0.201. The molecule has 9 nitrogen and oxygen atoms in total. The van der Waals surface area contributed by atoms with E-state index in [0.717, 1.165) is 31.3 Å². The van der Waals surface area contributed by atoms with E-state index < -0.39 is 41.2 Å². The molecular weight excluding hydrogens is 586 g/mol. The van der Waals surface area contributed by atoms with Crippen LogP contribution in [0.2, 0.25) is 0 Å². The second-order valence-electron chi connectivity index (χ2n) is 15.5. The topological polar surface area (TPSA) is 138 Å². The van der Waals surface area contributed by atoms with Gasteiger partial charge in [-0.1, -0.05) is 37.3 Å². The van der Waals surface area contributed by atoms with Crippen molar-refractivity contribution in [2.45, 2.75) is 126 Å². The first-order chi connectivity index (χ1) is 22.0. The Morgan fingerprint density at radius 1 is 1.02 bits per heavy atom. The van der Waals surface area contributed by atoms with Gasteiger partial charge >= 0.3 is 5.97 Å². The number of ether oxygens (including phenoxy) is 3. The Bertz CT molecular complexity index is 1340. The maximum atomic E-state index is 12.7. The Balaban J connectivity index is 1.16. The smallest absolute Gasteiger partial charge is 0.331 e. The van der Waals surface area contributed by atoms with Crippen LogP contribution in [0.4, 0.5) is 0 Å². The Kier molecular flexibility index (Phi) is 8.51. The van der Waals surface area contributed by atoms with Crippen LogP contribution in [0.25, 0.3) is 0 Å². The van der Waals surface area contributed by atoms with Crippen molar-refractivity contribution in [1.82, 2.24) is 0 Å². The molecule has 1 aromatic rings. The van der Waals surface area contributed by atoms with Crippen LogP contribution in [-0.2, 0) is 25.4 Å². The summed E-state index contributed by atoms with van der Waals surface area (Å²) in [7, 11) is 0. The molecule has 0 spiro atoms. The van der Waals surface area contributed by atoms with E-state index in [1.165, 1.54) is 5.56 Å². The summed E-state index contributed by atoms with van der Waals surface area (Å²) in [4.78, 5) is 17.0. The highest BCUT2D eigenvalue weighted by Crippen LogP contribution is 2.70. The summed E-state index contributed by atoms with van der Waals surface area (Å²) >= 11 is 0. The second kappa shape index (κ2) is 12.1. The predicted octanol–water partition coefficient (Wildman–Crippen LogP) is 3.89. The average molecular weight is 638 g/mol. The Hall–Kier alpha value is -2.14. The molecule has 2 aliphatic heterocycles. The van der Waals surface area contributed by atoms with Gasteiger partial charge in [0.1, 0.15) is 12.7 Å². The number of aliphatic hydroxyl groups excluding tert-OH is 2. The van der Waals surface area contributed by atoms with E-state index in [1.807, 2.05) is 18.2 Å². The first-order valence-corrected chi connectivity index (χ1v) is 17.5. The minimum absolute atomic E-state index is 0.00681. The predicted molar refractivity (Wildman–Crippen MR) is 171 cm³/mol. The molecule has 12 atom stereocenters. The number of cyclic esters (lactones) is 1. The van der Waals surface area contributed by atoms with Crippen LogP contribution in [0.15, 0.2) is 47.0 Å². The number of nitrogens with zero attached hydrogens (tertiary/aromatic N) is 1. The minimum atomic E-state index is -1.07. The summed E-state index contributed by atoms with van der Waals surface area (Å²) in [5.41, 5.74) is -0.707. The number of fused-ring (bicyclic) bond motifs is 5. The minimum Gasteiger partial charge on any atom is -0.458 e. The number of aliphatic hydroxyl groups is 4. The van der Waals surface area contributed by atoms with Gasteiger partial charge in [0.15, 0.2) is 6.29 Å². The molecule has 4 aliphatic carbocycles. The van der Waals surface area contributed by atoms with Crippen LogP contribution in [0.3, 0.4) is 0 Å². The maximum absolute atomic E-state index is 12.7. The Morgan fingerprint density at radius 3 is 2.54 bits per heavy atom. The molecular formula is C37H51NO8. The number of hydrogen-bond donors (Lipinski definition) is 4. The molecule has 0 bridgehead atoms. The SMILES string of the molecule is CC1OC(O[C@H]2CC[C@]3(C=NCCc4ccccc4)[C@H]4CC[C@]5(C)[C@@H](C6=CC(=O)OC6)CC[C@]5(O)[C@@H]4CC[C@]3(O)C2)CC(O)C1O. The maximum Gasteiger partial charge on any atom is 0.331 e. The third kappa shape index (κ3) is 5.21. The number of esters is 1. The lowest BCUT2D eigenvalue weighted by Gasteiger charge is -2.66. The van der Waals surface area contributed by atoms with E-state index in [-0.39, 0.29) is 41.7 Å². The van der Waals surface area contributed by atoms with Crippen molar-refractivity contribution in [2.75, 3.05) is 13.2 Å². The molecule has 6 aliphatic rings. The summed E-state index contributed by atoms with van der Waals surface area (Å²) < 4.78 is 17.6. The van der Waals surface area contributed by atoms with Crippen molar-refractivity contribution in [3.8, 4) is 0 Å². The Morgan fingerprint density at radius 2 is 1.80 bits per heavy atom. The van der Waals surface area contributed by atoms with Gasteiger partial charge in [0.25, 0.3) is 0 Å². The summed E-state index contributed by atoms with van der Waals surface area (Å²) in [5, 5.41) is 46.0. The molecule has 2 heterocycles. The van der Waals surface area contributed by atoms with Gasteiger partial charge < -0.3 is 34.6 Å². The zero-order valence-electron chi connectivity index (χ0n) is 27.2. The molecule has 1 aromatic carbocycles. The monoisotopic (exact) mass is 637 g/mol.